The third-order valence-corrected chi connectivity index (χ3v) is 6.13. The van der Waals surface area contributed by atoms with Crippen molar-refractivity contribution in [3.8, 4) is 11.5 Å². The van der Waals surface area contributed by atoms with E-state index in [0.29, 0.717) is 50.0 Å². The highest BCUT2D eigenvalue weighted by molar-refractivity contribution is 5.92. The Hall–Kier alpha value is -3.00. The molecular weight excluding hydrogens is 382 g/mol. The Labute approximate surface area is 174 Å². The fourth-order valence-corrected chi connectivity index (χ4v) is 4.06. The lowest BCUT2D eigenvalue weighted by molar-refractivity contribution is -0.128. The topological polar surface area (TPSA) is 86.3 Å². The third kappa shape index (κ3) is 3.31. The third-order valence-electron chi connectivity index (χ3n) is 6.13. The van der Waals surface area contributed by atoms with E-state index in [2.05, 4.69) is 27.9 Å². The van der Waals surface area contributed by atoms with Gasteiger partial charge in [-0.25, -0.2) is 0 Å². The summed E-state index contributed by atoms with van der Waals surface area (Å²) in [5, 5.41) is 9.82. The Morgan fingerprint density at radius 1 is 1.27 bits per heavy atom. The molecule has 0 aliphatic carbocycles. The molecule has 2 fully saturated rings. The minimum atomic E-state index is 0.0616. The summed E-state index contributed by atoms with van der Waals surface area (Å²) in [7, 11) is 0. The molecule has 0 unspecified atom stereocenters. The minimum Gasteiger partial charge on any atom is -0.377 e. The number of likely N-dealkylation sites (tertiary alicyclic amines) is 1. The lowest BCUT2D eigenvalue weighted by Gasteiger charge is -2.31. The van der Waals surface area contributed by atoms with Crippen LogP contribution in [0.2, 0.25) is 0 Å². The Morgan fingerprint density at radius 3 is 2.77 bits per heavy atom. The normalized spacial score (nSPS) is 18.0. The summed E-state index contributed by atoms with van der Waals surface area (Å²) in [4.78, 5) is 18.9. The van der Waals surface area contributed by atoms with Crippen LogP contribution in [-0.2, 0) is 9.53 Å². The molecule has 0 saturated carbocycles. The van der Waals surface area contributed by atoms with E-state index in [9.17, 15) is 4.79 Å². The molecule has 1 aromatic carbocycles. The van der Waals surface area contributed by atoms with Crippen LogP contribution in [0.25, 0.3) is 22.4 Å². The van der Waals surface area contributed by atoms with Gasteiger partial charge in [0.25, 0.3) is 5.89 Å². The molecule has 0 radical (unpaired) electrons. The standard InChI is InChI=1S/C22H25N5O3/c1-3-14(2)22(28)26-8-6-15(7-9-26)20-24-21(30-25-20)16-4-5-17-11-23-27(19(17)10-16)18-12-29-13-18/h4-5,10-11,15,18H,2-3,6-9,12-13H2,1H3. The van der Waals surface area contributed by atoms with E-state index in [0.717, 1.165) is 29.3 Å². The van der Waals surface area contributed by atoms with Gasteiger partial charge < -0.3 is 14.2 Å². The van der Waals surface area contributed by atoms with E-state index in [1.807, 2.05) is 34.8 Å². The monoisotopic (exact) mass is 407 g/mol. The van der Waals surface area contributed by atoms with Gasteiger partial charge in [0.15, 0.2) is 5.82 Å². The Balaban J connectivity index is 1.31. The lowest BCUT2D eigenvalue weighted by atomic mass is 9.95. The van der Waals surface area contributed by atoms with Crippen LogP contribution >= 0.6 is 0 Å². The molecule has 3 aromatic rings. The Bertz CT molecular complexity index is 1090. The van der Waals surface area contributed by atoms with Crippen LogP contribution in [0.15, 0.2) is 41.1 Å². The van der Waals surface area contributed by atoms with Crippen LogP contribution in [0.1, 0.15) is 44.0 Å². The zero-order valence-corrected chi connectivity index (χ0v) is 17.1. The van der Waals surface area contributed by atoms with Gasteiger partial charge in [0, 0.05) is 35.5 Å². The van der Waals surface area contributed by atoms with Crippen molar-refractivity contribution in [2.75, 3.05) is 26.3 Å². The van der Waals surface area contributed by atoms with Crippen LogP contribution in [0.4, 0.5) is 0 Å². The maximum absolute atomic E-state index is 12.3. The first-order valence-electron chi connectivity index (χ1n) is 10.5. The molecular formula is C22H25N5O3. The number of ether oxygens (including phenoxy) is 1. The van der Waals surface area contributed by atoms with E-state index in [1.54, 1.807) is 0 Å². The number of carbonyl (C=O) groups excluding carboxylic acids is 1. The van der Waals surface area contributed by atoms with Gasteiger partial charge in [-0.2, -0.15) is 10.1 Å². The first-order chi connectivity index (χ1) is 14.6. The fourth-order valence-electron chi connectivity index (χ4n) is 4.06. The molecule has 0 spiro atoms. The average Bonchev–Trinajstić information content (AvgIpc) is 3.39. The van der Waals surface area contributed by atoms with Crippen molar-refractivity contribution in [2.24, 2.45) is 0 Å². The number of nitrogens with zero attached hydrogens (tertiary/aromatic N) is 5. The van der Waals surface area contributed by atoms with Crippen LogP contribution in [0.3, 0.4) is 0 Å². The molecule has 4 heterocycles. The Morgan fingerprint density at radius 2 is 2.07 bits per heavy atom. The van der Waals surface area contributed by atoms with Crippen molar-refractivity contribution in [3.63, 3.8) is 0 Å². The molecule has 2 aliphatic rings. The fraction of sp³-hybridized carbons (Fsp3) is 0.455. The predicted octanol–water partition coefficient (Wildman–Crippen LogP) is 3.33. The first kappa shape index (κ1) is 19.0. The highest BCUT2D eigenvalue weighted by Gasteiger charge is 2.28. The maximum Gasteiger partial charge on any atom is 0.258 e. The molecule has 2 saturated heterocycles. The van der Waals surface area contributed by atoms with Gasteiger partial charge in [-0.3, -0.25) is 9.48 Å². The van der Waals surface area contributed by atoms with Gasteiger partial charge in [-0.05, 0) is 31.4 Å². The molecule has 8 nitrogen and oxygen atoms in total. The van der Waals surface area contributed by atoms with E-state index >= 15 is 0 Å². The van der Waals surface area contributed by atoms with Crippen molar-refractivity contribution in [3.05, 3.63) is 42.4 Å². The van der Waals surface area contributed by atoms with Crippen LogP contribution < -0.4 is 0 Å². The van der Waals surface area contributed by atoms with Gasteiger partial charge in [-0.15, -0.1) is 0 Å². The molecule has 8 heteroatoms. The molecule has 2 aromatic heterocycles. The summed E-state index contributed by atoms with van der Waals surface area (Å²) in [6.45, 7) is 8.60. The van der Waals surface area contributed by atoms with E-state index in [4.69, 9.17) is 9.26 Å². The zero-order valence-electron chi connectivity index (χ0n) is 17.1. The molecule has 156 valence electrons. The predicted molar refractivity (Wildman–Crippen MR) is 111 cm³/mol. The van der Waals surface area contributed by atoms with Gasteiger partial charge in [0.1, 0.15) is 0 Å². The number of aromatic nitrogens is 4. The number of piperidine rings is 1. The Kier molecular flexibility index (Phi) is 4.86. The van der Waals surface area contributed by atoms with Crippen LogP contribution in [0.5, 0.6) is 0 Å². The molecule has 0 N–H and O–H groups in total. The summed E-state index contributed by atoms with van der Waals surface area (Å²) in [6.07, 6.45) is 4.22. The number of hydrogen-bond acceptors (Lipinski definition) is 6. The number of amides is 1. The molecule has 5 rings (SSSR count). The van der Waals surface area contributed by atoms with Gasteiger partial charge >= 0.3 is 0 Å². The molecule has 2 aliphatic heterocycles. The molecule has 30 heavy (non-hydrogen) atoms. The van der Waals surface area contributed by atoms with Gasteiger partial charge in [0.2, 0.25) is 5.91 Å². The summed E-state index contributed by atoms with van der Waals surface area (Å²) in [6, 6.07) is 6.35. The highest BCUT2D eigenvalue weighted by atomic mass is 16.5. The van der Waals surface area contributed by atoms with Gasteiger partial charge in [-0.1, -0.05) is 24.7 Å². The van der Waals surface area contributed by atoms with Crippen LogP contribution in [0, 0.1) is 0 Å². The number of hydrogen-bond donors (Lipinski definition) is 0. The smallest absolute Gasteiger partial charge is 0.258 e. The van der Waals surface area contributed by atoms with Crippen molar-refractivity contribution in [1.82, 2.24) is 24.8 Å². The summed E-state index contributed by atoms with van der Waals surface area (Å²) in [5.74, 6) is 1.49. The first-order valence-corrected chi connectivity index (χ1v) is 10.5. The van der Waals surface area contributed by atoms with Gasteiger partial charge in [0.05, 0.1) is 31.0 Å². The molecule has 0 atom stereocenters. The van der Waals surface area contributed by atoms with Crippen molar-refractivity contribution >= 4 is 16.8 Å². The van der Waals surface area contributed by atoms with Crippen molar-refractivity contribution in [1.29, 1.82) is 0 Å². The second kappa shape index (κ2) is 7.68. The van der Waals surface area contributed by atoms with Crippen LogP contribution in [-0.4, -0.2) is 57.0 Å². The SMILES string of the molecule is C=C(CC)C(=O)N1CCC(c2noc(-c3ccc4cnn(C5COC5)c4c3)n2)CC1. The maximum atomic E-state index is 12.3. The second-order valence-electron chi connectivity index (χ2n) is 8.04. The van der Waals surface area contributed by atoms with Crippen molar-refractivity contribution in [2.45, 2.75) is 38.1 Å². The largest absolute Gasteiger partial charge is 0.377 e. The average molecular weight is 407 g/mol. The van der Waals surface area contributed by atoms with E-state index in [-0.39, 0.29) is 17.9 Å². The lowest BCUT2D eigenvalue weighted by Crippen LogP contribution is -2.38. The van der Waals surface area contributed by atoms with Crippen molar-refractivity contribution < 1.29 is 14.1 Å². The number of benzene rings is 1. The summed E-state index contributed by atoms with van der Waals surface area (Å²) < 4.78 is 12.9. The molecule has 1 amide bonds. The minimum absolute atomic E-state index is 0.0616. The number of carbonyl (C=O) groups is 1. The number of rotatable bonds is 5. The molecule has 0 bridgehead atoms. The summed E-state index contributed by atoms with van der Waals surface area (Å²) >= 11 is 0. The quantitative estimate of drug-likeness (QED) is 0.603. The highest BCUT2D eigenvalue weighted by Crippen LogP contribution is 2.31. The number of fused-ring (bicyclic) bond motifs is 1. The van der Waals surface area contributed by atoms with E-state index < -0.39 is 0 Å². The zero-order chi connectivity index (χ0) is 20.7. The summed E-state index contributed by atoms with van der Waals surface area (Å²) in [5.41, 5.74) is 2.59. The van der Waals surface area contributed by atoms with E-state index in [1.165, 1.54) is 0 Å². The second-order valence-corrected chi connectivity index (χ2v) is 8.04.